The molecule has 3 heterocycles. The van der Waals surface area contributed by atoms with Crippen LogP contribution in [0.4, 0.5) is 5.82 Å². The normalized spacial score (nSPS) is 14.7. The van der Waals surface area contributed by atoms with Crippen molar-refractivity contribution in [3.05, 3.63) is 58.7 Å². The number of aryl methyl sites for hydroxylation is 1. The van der Waals surface area contributed by atoms with Gasteiger partial charge in [0.2, 0.25) is 5.91 Å². The third-order valence-electron chi connectivity index (χ3n) is 5.28. The molecule has 1 aliphatic heterocycles. The Morgan fingerprint density at radius 1 is 1.20 bits per heavy atom. The number of amides is 1. The summed E-state index contributed by atoms with van der Waals surface area (Å²) in [5, 5.41) is 1.12. The number of aromatic nitrogens is 2. The molecule has 1 fully saturated rings. The maximum Gasteiger partial charge on any atom is 0.246 e. The third kappa shape index (κ3) is 4.52. The van der Waals surface area contributed by atoms with E-state index in [1.54, 1.807) is 30.8 Å². The zero-order valence-corrected chi connectivity index (χ0v) is 18.2. The molecule has 7 heteroatoms. The van der Waals surface area contributed by atoms with Crippen LogP contribution in [-0.4, -0.2) is 54.1 Å². The van der Waals surface area contributed by atoms with Gasteiger partial charge in [0.15, 0.2) is 0 Å². The van der Waals surface area contributed by atoms with Crippen molar-refractivity contribution in [3.63, 3.8) is 0 Å². The first-order valence-electron chi connectivity index (χ1n) is 10.2. The van der Waals surface area contributed by atoms with E-state index in [0.717, 1.165) is 46.7 Å². The van der Waals surface area contributed by atoms with Gasteiger partial charge in [-0.1, -0.05) is 25.1 Å². The average Bonchev–Trinajstić information content (AvgIpc) is 3.22. The zero-order valence-electron chi connectivity index (χ0n) is 17.4. The van der Waals surface area contributed by atoms with Crippen LogP contribution in [0.2, 0.25) is 0 Å². The number of piperazine rings is 1. The number of methoxy groups -OCH3 is 1. The van der Waals surface area contributed by atoms with Gasteiger partial charge in [-0.05, 0) is 35.8 Å². The molecule has 6 nitrogen and oxygen atoms in total. The van der Waals surface area contributed by atoms with Crippen LogP contribution in [0.5, 0.6) is 0 Å². The maximum atomic E-state index is 12.7. The number of thiophene rings is 1. The molecular weight excluding hydrogens is 396 g/mol. The number of nitrogens with zero attached hydrogens (tertiary/aromatic N) is 4. The molecule has 156 valence electrons. The Morgan fingerprint density at radius 3 is 2.80 bits per heavy atom. The van der Waals surface area contributed by atoms with Gasteiger partial charge in [0.25, 0.3) is 0 Å². The molecule has 0 atom stereocenters. The van der Waals surface area contributed by atoms with Gasteiger partial charge in [0, 0.05) is 44.2 Å². The Bertz CT molecular complexity index is 1050. The van der Waals surface area contributed by atoms with Gasteiger partial charge in [0.05, 0.1) is 12.0 Å². The van der Waals surface area contributed by atoms with E-state index in [4.69, 9.17) is 4.74 Å². The predicted octanol–water partition coefficient (Wildman–Crippen LogP) is 3.76. The number of carbonyl (C=O) groups is 1. The summed E-state index contributed by atoms with van der Waals surface area (Å²) in [5.74, 6) is 1.02. The van der Waals surface area contributed by atoms with Gasteiger partial charge in [0.1, 0.15) is 17.0 Å². The van der Waals surface area contributed by atoms with E-state index in [9.17, 15) is 4.79 Å². The zero-order chi connectivity index (χ0) is 20.9. The number of benzene rings is 1. The molecular formula is C23H26N4O2S. The highest BCUT2D eigenvalue weighted by atomic mass is 32.1. The van der Waals surface area contributed by atoms with Gasteiger partial charge in [-0.25, -0.2) is 9.97 Å². The second kappa shape index (κ2) is 9.36. The smallest absolute Gasteiger partial charge is 0.246 e. The maximum absolute atomic E-state index is 12.7. The van der Waals surface area contributed by atoms with Crippen LogP contribution in [-0.2, 0) is 22.6 Å². The highest BCUT2D eigenvalue weighted by molar-refractivity contribution is 7.18. The van der Waals surface area contributed by atoms with Gasteiger partial charge >= 0.3 is 0 Å². The average molecular weight is 423 g/mol. The van der Waals surface area contributed by atoms with Crippen molar-refractivity contribution in [2.75, 3.05) is 38.2 Å². The quantitative estimate of drug-likeness (QED) is 0.566. The van der Waals surface area contributed by atoms with E-state index in [-0.39, 0.29) is 5.91 Å². The lowest BCUT2D eigenvalue weighted by Crippen LogP contribution is -2.48. The molecule has 3 aromatic rings. The molecule has 0 radical (unpaired) electrons. The minimum atomic E-state index is 0.0448. The number of carbonyl (C=O) groups excluding carboxylic acids is 1. The second-order valence-electron chi connectivity index (χ2n) is 7.31. The Balaban J connectivity index is 1.39. The van der Waals surface area contributed by atoms with Crippen LogP contribution >= 0.6 is 11.3 Å². The lowest BCUT2D eigenvalue weighted by atomic mass is 10.1. The number of fused-ring (bicyclic) bond motifs is 1. The Labute approximate surface area is 180 Å². The lowest BCUT2D eigenvalue weighted by molar-refractivity contribution is -0.126. The first-order chi connectivity index (χ1) is 14.7. The minimum Gasteiger partial charge on any atom is -0.380 e. The Kier molecular flexibility index (Phi) is 6.40. The van der Waals surface area contributed by atoms with Crippen molar-refractivity contribution in [1.29, 1.82) is 0 Å². The summed E-state index contributed by atoms with van der Waals surface area (Å²) >= 11 is 1.73. The number of ether oxygens (including phenoxy) is 1. The van der Waals surface area contributed by atoms with E-state index in [1.807, 2.05) is 35.2 Å². The molecule has 0 N–H and O–H groups in total. The van der Waals surface area contributed by atoms with Gasteiger partial charge in [-0.15, -0.1) is 11.3 Å². The first-order valence-corrected chi connectivity index (χ1v) is 11.0. The van der Waals surface area contributed by atoms with Crippen molar-refractivity contribution in [3.8, 4) is 0 Å². The van der Waals surface area contributed by atoms with Gasteiger partial charge < -0.3 is 14.5 Å². The third-order valence-corrected chi connectivity index (χ3v) is 6.47. The fourth-order valence-corrected chi connectivity index (χ4v) is 4.61. The molecule has 1 saturated heterocycles. The van der Waals surface area contributed by atoms with Crippen LogP contribution in [0.3, 0.4) is 0 Å². The number of hydrogen-bond acceptors (Lipinski definition) is 6. The topological polar surface area (TPSA) is 58.6 Å². The van der Waals surface area contributed by atoms with Crippen molar-refractivity contribution in [2.45, 2.75) is 20.0 Å². The minimum absolute atomic E-state index is 0.0448. The number of rotatable bonds is 6. The summed E-state index contributed by atoms with van der Waals surface area (Å²) in [5.41, 5.74) is 2.10. The SMILES string of the molecule is CCc1cc2c(N3CCN(C(=O)/C=C/c4cccc(COC)c4)CC3)ncnc2s1. The van der Waals surface area contributed by atoms with E-state index < -0.39 is 0 Å². The summed E-state index contributed by atoms with van der Waals surface area (Å²) in [6, 6.07) is 10.2. The molecule has 0 unspecified atom stereocenters. The highest BCUT2D eigenvalue weighted by Gasteiger charge is 2.22. The van der Waals surface area contributed by atoms with Gasteiger partial charge in [-0.2, -0.15) is 0 Å². The van der Waals surface area contributed by atoms with Gasteiger partial charge in [-0.3, -0.25) is 4.79 Å². The summed E-state index contributed by atoms with van der Waals surface area (Å²) in [6.07, 6.45) is 6.19. The fourth-order valence-electron chi connectivity index (χ4n) is 3.68. The van der Waals surface area contributed by atoms with Crippen LogP contribution in [0.15, 0.2) is 42.7 Å². The first kappa shape index (κ1) is 20.5. The molecule has 0 saturated carbocycles. The molecule has 0 bridgehead atoms. The summed E-state index contributed by atoms with van der Waals surface area (Å²) < 4.78 is 5.17. The molecule has 4 rings (SSSR count). The van der Waals surface area contributed by atoms with Crippen molar-refractivity contribution in [2.24, 2.45) is 0 Å². The molecule has 30 heavy (non-hydrogen) atoms. The van der Waals surface area contributed by atoms with Crippen LogP contribution in [0.25, 0.3) is 16.3 Å². The van der Waals surface area contributed by atoms with Crippen LogP contribution in [0.1, 0.15) is 22.9 Å². The van der Waals surface area contributed by atoms with Crippen LogP contribution < -0.4 is 4.90 Å². The summed E-state index contributed by atoms with van der Waals surface area (Å²) in [6.45, 7) is 5.63. The second-order valence-corrected chi connectivity index (χ2v) is 8.42. The monoisotopic (exact) mass is 422 g/mol. The molecule has 1 aliphatic rings. The molecule has 0 spiro atoms. The molecule has 1 amide bonds. The lowest BCUT2D eigenvalue weighted by Gasteiger charge is -2.35. The summed E-state index contributed by atoms with van der Waals surface area (Å²) in [7, 11) is 1.68. The van der Waals surface area contributed by atoms with Crippen molar-refractivity contribution < 1.29 is 9.53 Å². The van der Waals surface area contributed by atoms with Crippen molar-refractivity contribution in [1.82, 2.24) is 14.9 Å². The summed E-state index contributed by atoms with van der Waals surface area (Å²) in [4.78, 5) is 28.1. The predicted molar refractivity (Wildman–Crippen MR) is 122 cm³/mol. The highest BCUT2D eigenvalue weighted by Crippen LogP contribution is 2.30. The number of hydrogen-bond donors (Lipinski definition) is 0. The van der Waals surface area contributed by atoms with E-state index in [2.05, 4.69) is 27.9 Å². The fraction of sp³-hybridized carbons (Fsp3) is 0.348. The molecule has 0 aliphatic carbocycles. The Morgan fingerprint density at radius 2 is 2.03 bits per heavy atom. The van der Waals surface area contributed by atoms with E-state index in [0.29, 0.717) is 19.7 Å². The van der Waals surface area contributed by atoms with Crippen LogP contribution in [0, 0.1) is 0 Å². The largest absolute Gasteiger partial charge is 0.380 e. The van der Waals surface area contributed by atoms with Crippen molar-refractivity contribution >= 4 is 39.4 Å². The standard InChI is InChI=1S/C23H26N4O2S/c1-3-19-14-20-22(24-16-25-23(20)30-19)27-11-9-26(10-12-27)21(28)8-7-17-5-4-6-18(13-17)15-29-2/h4-8,13-14,16H,3,9-12,15H2,1-2H3/b8-7+. The number of anilines is 1. The molecule has 1 aromatic carbocycles. The Hall–Kier alpha value is -2.77. The van der Waals surface area contributed by atoms with E-state index >= 15 is 0 Å². The molecule has 2 aromatic heterocycles. The van der Waals surface area contributed by atoms with E-state index in [1.165, 1.54) is 4.88 Å².